The van der Waals surface area contributed by atoms with E-state index in [4.69, 9.17) is 18.5 Å². The molecule has 0 rings (SSSR count). The number of ether oxygens (including phenoxy) is 2. The molecule has 0 fully saturated rings. The molecule has 538 valence electrons. The number of unbranched alkanes of at least 4 members (excludes halogenated alkanes) is 48. The van der Waals surface area contributed by atoms with E-state index in [1.165, 1.54) is 283 Å². The summed E-state index contributed by atoms with van der Waals surface area (Å²) < 4.78 is 34.4. The van der Waals surface area contributed by atoms with E-state index in [9.17, 15) is 19.0 Å². The van der Waals surface area contributed by atoms with E-state index in [-0.39, 0.29) is 32.0 Å². The Labute approximate surface area is 571 Å². The zero-order chi connectivity index (χ0) is 66.9. The molecule has 0 aliphatic carbocycles. The lowest BCUT2D eigenvalue weighted by atomic mass is 10.0. The van der Waals surface area contributed by atoms with E-state index in [1.807, 2.05) is 21.1 Å². The summed E-state index contributed by atoms with van der Waals surface area (Å²) in [5.41, 5.74) is 0. The van der Waals surface area contributed by atoms with Crippen molar-refractivity contribution >= 4 is 19.8 Å². The Morgan fingerprint density at radius 3 is 0.924 bits per heavy atom. The summed E-state index contributed by atoms with van der Waals surface area (Å²) in [6.07, 6.45) is 98.8. The number of carbonyl (C=O) groups is 2. The fourth-order valence-electron chi connectivity index (χ4n) is 11.7. The number of hydrogen-bond acceptors (Lipinski definition) is 8. The first-order chi connectivity index (χ1) is 45.0. The van der Waals surface area contributed by atoms with Crippen LogP contribution in [0.15, 0.2) is 72.9 Å². The largest absolute Gasteiger partial charge is 0.756 e. The SMILES string of the molecule is CC/C=C\C/C=C\C/C=C\C/C=C\C/C=C\C/C=C\CCCCCCCCCCCCCCCCCCCCCCC(=O)OC(COC(=O)CCCCCCCCCCCCCCCCCCCCCCCCCCCCCCC)COP(=O)([O-])OCC[N+](C)(C)C. The molecule has 0 aliphatic heterocycles. The van der Waals surface area contributed by atoms with Gasteiger partial charge in [0.05, 0.1) is 27.7 Å². The van der Waals surface area contributed by atoms with E-state index < -0.39 is 26.5 Å². The summed E-state index contributed by atoms with van der Waals surface area (Å²) in [7, 11) is 1.19. The first-order valence-electron chi connectivity index (χ1n) is 39.6. The average Bonchev–Trinajstić information content (AvgIpc) is 2.14. The van der Waals surface area contributed by atoms with Crippen molar-refractivity contribution in [3.63, 3.8) is 0 Å². The van der Waals surface area contributed by atoms with Crippen LogP contribution in [0.4, 0.5) is 0 Å². The Morgan fingerprint density at radius 1 is 0.348 bits per heavy atom. The van der Waals surface area contributed by atoms with Crippen molar-refractivity contribution in [1.82, 2.24) is 0 Å². The number of likely N-dealkylation sites (N-methyl/N-ethyl adjacent to an activating group) is 1. The number of phosphoric ester groups is 1. The molecule has 0 bridgehead atoms. The van der Waals surface area contributed by atoms with E-state index in [0.717, 1.165) is 70.6 Å². The molecule has 2 atom stereocenters. The number of rotatable bonds is 74. The van der Waals surface area contributed by atoms with Gasteiger partial charge < -0.3 is 27.9 Å². The third-order valence-corrected chi connectivity index (χ3v) is 18.7. The lowest BCUT2D eigenvalue weighted by Crippen LogP contribution is -2.37. The van der Waals surface area contributed by atoms with Crippen LogP contribution in [0.1, 0.15) is 386 Å². The zero-order valence-electron chi connectivity index (χ0n) is 61.5. The third-order valence-electron chi connectivity index (χ3n) is 17.7. The summed E-state index contributed by atoms with van der Waals surface area (Å²) in [4.78, 5) is 38.2. The molecule has 0 aliphatic rings. The number of hydrogen-bond donors (Lipinski definition) is 0. The summed E-state index contributed by atoms with van der Waals surface area (Å²) in [6, 6.07) is 0. The molecule has 0 saturated heterocycles. The van der Waals surface area contributed by atoms with Gasteiger partial charge in [-0.15, -0.1) is 0 Å². The number of phosphoric acid groups is 1. The number of allylic oxidation sites excluding steroid dienone is 12. The highest BCUT2D eigenvalue weighted by atomic mass is 31.2. The molecule has 0 radical (unpaired) electrons. The third kappa shape index (κ3) is 76.5. The van der Waals surface area contributed by atoms with E-state index in [1.54, 1.807) is 0 Å². The first-order valence-corrected chi connectivity index (χ1v) is 41.1. The highest BCUT2D eigenvalue weighted by molar-refractivity contribution is 7.45. The minimum absolute atomic E-state index is 0.0288. The van der Waals surface area contributed by atoms with Gasteiger partial charge in [0.15, 0.2) is 6.10 Å². The number of quaternary nitrogens is 1. The second kappa shape index (κ2) is 72.7. The van der Waals surface area contributed by atoms with Gasteiger partial charge >= 0.3 is 11.9 Å². The molecule has 0 spiro atoms. The maximum atomic E-state index is 12.9. The topological polar surface area (TPSA) is 111 Å². The maximum Gasteiger partial charge on any atom is 0.306 e. The standard InChI is InChI=1S/C82H152NO8P/c1-6-8-10-12-14-16-18-20-22-24-26-28-30-32-34-36-37-38-39-40-41-42-43-44-45-47-49-51-53-55-57-59-61-63-65-67-69-71-73-75-82(85)91-80(79-90-92(86,87)89-77-76-83(3,4)5)78-88-81(84)74-72-70-68-66-64-62-60-58-56-54-52-50-48-46-35-33-31-29-27-25-23-21-19-17-15-13-11-9-7-2/h8,10,14,16,20,22,26,28,32,34,37-38,80H,6-7,9,11-13,15,17-19,21,23-25,27,29-31,33,35-36,39-79H2,1-5H3/b10-8-,16-14-,22-20-,28-26-,34-32-,38-37-. The predicted octanol–water partition coefficient (Wildman–Crippen LogP) is 25.7. The van der Waals surface area contributed by atoms with Gasteiger partial charge in [0.1, 0.15) is 19.8 Å². The molecule has 2 unspecified atom stereocenters. The molecular formula is C82H152NO8P. The van der Waals surface area contributed by atoms with Gasteiger partial charge in [-0.25, -0.2) is 0 Å². The number of esters is 2. The molecule has 9 nitrogen and oxygen atoms in total. The monoisotopic (exact) mass is 1310 g/mol. The van der Waals surface area contributed by atoms with Crippen molar-refractivity contribution in [3.8, 4) is 0 Å². The van der Waals surface area contributed by atoms with Crippen LogP contribution in [-0.2, 0) is 32.7 Å². The Hall–Kier alpha value is -2.55. The molecule has 0 N–H and O–H groups in total. The molecule has 0 amide bonds. The van der Waals surface area contributed by atoms with Crippen LogP contribution < -0.4 is 4.89 Å². The van der Waals surface area contributed by atoms with Gasteiger partial charge in [-0.1, -0.05) is 382 Å². The van der Waals surface area contributed by atoms with E-state index in [2.05, 4.69) is 86.8 Å². The zero-order valence-corrected chi connectivity index (χ0v) is 62.4. The molecule has 0 heterocycles. The van der Waals surface area contributed by atoms with E-state index in [0.29, 0.717) is 17.4 Å². The van der Waals surface area contributed by atoms with Crippen molar-refractivity contribution in [1.29, 1.82) is 0 Å². The fourth-order valence-corrected chi connectivity index (χ4v) is 12.5. The smallest absolute Gasteiger partial charge is 0.306 e. The van der Waals surface area contributed by atoms with Crippen LogP contribution in [0.5, 0.6) is 0 Å². The van der Waals surface area contributed by atoms with E-state index >= 15 is 0 Å². The Kier molecular flexibility index (Phi) is 70.7. The summed E-state index contributed by atoms with van der Waals surface area (Å²) in [6.45, 7) is 4.20. The molecule has 0 aromatic rings. The molecule has 0 aromatic heterocycles. The Bertz CT molecular complexity index is 1780. The minimum Gasteiger partial charge on any atom is -0.756 e. The number of carbonyl (C=O) groups excluding carboxylic acids is 2. The van der Waals surface area contributed by atoms with Crippen LogP contribution in [-0.4, -0.2) is 70.0 Å². The molecule has 0 saturated carbocycles. The normalized spacial score (nSPS) is 13.4. The van der Waals surface area contributed by atoms with Crippen LogP contribution >= 0.6 is 7.82 Å². The molecule has 92 heavy (non-hydrogen) atoms. The van der Waals surface area contributed by atoms with Crippen molar-refractivity contribution in [3.05, 3.63) is 72.9 Å². The van der Waals surface area contributed by atoms with Gasteiger partial charge in [0.25, 0.3) is 7.82 Å². The van der Waals surface area contributed by atoms with Crippen LogP contribution in [0.25, 0.3) is 0 Å². The van der Waals surface area contributed by atoms with Gasteiger partial charge in [-0.2, -0.15) is 0 Å². The quantitative estimate of drug-likeness (QED) is 0.0195. The molecule has 10 heteroatoms. The highest BCUT2D eigenvalue weighted by Crippen LogP contribution is 2.38. The van der Waals surface area contributed by atoms with Crippen LogP contribution in [0, 0.1) is 0 Å². The lowest BCUT2D eigenvalue weighted by molar-refractivity contribution is -0.870. The highest BCUT2D eigenvalue weighted by Gasteiger charge is 2.22. The second-order valence-corrected chi connectivity index (χ2v) is 29.5. The fraction of sp³-hybridized carbons (Fsp3) is 0.829. The average molecular weight is 1310 g/mol. The Balaban J connectivity index is 3.93. The first kappa shape index (κ1) is 89.5. The number of nitrogens with zero attached hydrogens (tertiary/aromatic N) is 1. The van der Waals surface area contributed by atoms with Crippen molar-refractivity contribution in [2.24, 2.45) is 0 Å². The van der Waals surface area contributed by atoms with Gasteiger partial charge in [-0.05, 0) is 64.2 Å². The van der Waals surface area contributed by atoms with Gasteiger partial charge in [-0.3, -0.25) is 14.2 Å². The van der Waals surface area contributed by atoms with Crippen molar-refractivity contribution in [2.45, 2.75) is 392 Å². The van der Waals surface area contributed by atoms with Crippen LogP contribution in [0.3, 0.4) is 0 Å². The summed E-state index contributed by atoms with van der Waals surface area (Å²) in [5, 5.41) is 0. The van der Waals surface area contributed by atoms with Crippen LogP contribution in [0.2, 0.25) is 0 Å². The second-order valence-electron chi connectivity index (χ2n) is 28.1. The molecular weight excluding hydrogens is 1160 g/mol. The molecule has 0 aromatic carbocycles. The van der Waals surface area contributed by atoms with Gasteiger partial charge in [0, 0.05) is 12.8 Å². The Morgan fingerprint density at radius 2 is 0.620 bits per heavy atom. The van der Waals surface area contributed by atoms with Crippen molar-refractivity contribution in [2.75, 3.05) is 47.5 Å². The minimum atomic E-state index is -4.64. The van der Waals surface area contributed by atoms with Gasteiger partial charge in [0.2, 0.25) is 0 Å². The predicted molar refractivity (Wildman–Crippen MR) is 397 cm³/mol. The summed E-state index contributed by atoms with van der Waals surface area (Å²) >= 11 is 0. The van der Waals surface area contributed by atoms with Crippen molar-refractivity contribution < 1.29 is 42.1 Å². The summed E-state index contributed by atoms with van der Waals surface area (Å²) in [5.74, 6) is -0.811. The lowest BCUT2D eigenvalue weighted by Gasteiger charge is -2.28. The maximum absolute atomic E-state index is 12.9.